The highest BCUT2D eigenvalue weighted by Crippen LogP contribution is 2.32. The van der Waals surface area contributed by atoms with Crippen molar-refractivity contribution in [3.8, 4) is 22.4 Å². The van der Waals surface area contributed by atoms with Crippen LogP contribution in [0.4, 0.5) is 0 Å². The molecule has 0 aliphatic rings. The maximum Gasteiger partial charge on any atom is 0.0920 e. The van der Waals surface area contributed by atoms with Gasteiger partial charge in [0.2, 0.25) is 0 Å². The second-order valence-corrected chi connectivity index (χ2v) is 7.25. The van der Waals surface area contributed by atoms with Crippen LogP contribution in [-0.2, 0) is 0 Å². The van der Waals surface area contributed by atoms with E-state index in [2.05, 4.69) is 88.8 Å². The van der Waals surface area contributed by atoms with E-state index < -0.39 is 0 Å². The van der Waals surface area contributed by atoms with Crippen molar-refractivity contribution in [1.29, 1.82) is 0 Å². The molecule has 0 saturated heterocycles. The highest BCUT2D eigenvalue weighted by molar-refractivity contribution is 5.99. The number of fused-ring (bicyclic) bond motifs is 2. The molecule has 4 aromatic carbocycles. The SMILES string of the molecule is Cc1cnc(-c2cccc3cc(-c4ccc5ccccc5c4)ccc23)c(C)n1. The van der Waals surface area contributed by atoms with Crippen LogP contribution in [-0.4, -0.2) is 9.97 Å². The van der Waals surface area contributed by atoms with Gasteiger partial charge in [-0.05, 0) is 58.7 Å². The fourth-order valence-electron chi connectivity index (χ4n) is 3.90. The largest absolute Gasteiger partial charge is 0.255 e. The van der Waals surface area contributed by atoms with Crippen molar-refractivity contribution in [3.05, 3.63) is 96.4 Å². The summed E-state index contributed by atoms with van der Waals surface area (Å²) >= 11 is 0. The smallest absolute Gasteiger partial charge is 0.0920 e. The zero-order chi connectivity index (χ0) is 19.1. The first-order valence-corrected chi connectivity index (χ1v) is 9.52. The Morgan fingerprint density at radius 2 is 1.36 bits per heavy atom. The van der Waals surface area contributed by atoms with Crippen LogP contribution in [0.5, 0.6) is 0 Å². The molecule has 0 radical (unpaired) electrons. The Labute approximate surface area is 164 Å². The van der Waals surface area contributed by atoms with Crippen LogP contribution in [0.15, 0.2) is 85.1 Å². The number of aryl methyl sites for hydroxylation is 2. The molecule has 5 aromatic rings. The molecule has 0 N–H and O–H groups in total. The Morgan fingerprint density at radius 3 is 2.18 bits per heavy atom. The van der Waals surface area contributed by atoms with Crippen molar-refractivity contribution in [2.75, 3.05) is 0 Å². The van der Waals surface area contributed by atoms with Crippen LogP contribution in [0.3, 0.4) is 0 Å². The van der Waals surface area contributed by atoms with Gasteiger partial charge < -0.3 is 0 Å². The Morgan fingerprint density at radius 1 is 0.643 bits per heavy atom. The van der Waals surface area contributed by atoms with Gasteiger partial charge in [-0.25, -0.2) is 0 Å². The molecule has 0 aliphatic carbocycles. The van der Waals surface area contributed by atoms with E-state index in [1.807, 2.05) is 20.0 Å². The number of hydrogen-bond acceptors (Lipinski definition) is 2. The first-order valence-electron chi connectivity index (χ1n) is 9.52. The van der Waals surface area contributed by atoms with Gasteiger partial charge in [-0.2, -0.15) is 0 Å². The molecule has 0 unspecified atom stereocenters. The van der Waals surface area contributed by atoms with E-state index in [0.717, 1.165) is 22.6 Å². The highest BCUT2D eigenvalue weighted by atomic mass is 14.8. The summed E-state index contributed by atoms with van der Waals surface area (Å²) < 4.78 is 0. The monoisotopic (exact) mass is 360 g/mol. The summed E-state index contributed by atoms with van der Waals surface area (Å²) in [6.45, 7) is 4.00. The molecular formula is C26H20N2. The van der Waals surface area contributed by atoms with Crippen LogP contribution in [0.25, 0.3) is 43.9 Å². The molecule has 134 valence electrons. The predicted octanol–water partition coefficient (Wildman–Crippen LogP) is 6.73. The summed E-state index contributed by atoms with van der Waals surface area (Å²) in [5.41, 5.74) is 6.45. The minimum Gasteiger partial charge on any atom is -0.255 e. The summed E-state index contributed by atoms with van der Waals surface area (Å²) in [6, 6.07) is 28.2. The van der Waals surface area contributed by atoms with Gasteiger partial charge in [0, 0.05) is 11.8 Å². The molecule has 28 heavy (non-hydrogen) atoms. The minimum atomic E-state index is 0.945. The fourth-order valence-corrected chi connectivity index (χ4v) is 3.90. The molecule has 1 aromatic heterocycles. The van der Waals surface area contributed by atoms with Gasteiger partial charge in [0.05, 0.1) is 17.1 Å². The van der Waals surface area contributed by atoms with Gasteiger partial charge in [-0.1, -0.05) is 66.7 Å². The molecule has 0 spiro atoms. The molecule has 5 rings (SSSR count). The number of aromatic nitrogens is 2. The third-order valence-corrected chi connectivity index (χ3v) is 5.29. The summed E-state index contributed by atoms with van der Waals surface area (Å²) in [7, 11) is 0. The second-order valence-electron chi connectivity index (χ2n) is 7.25. The normalized spacial score (nSPS) is 11.2. The van der Waals surface area contributed by atoms with E-state index in [4.69, 9.17) is 0 Å². The first kappa shape index (κ1) is 16.6. The topological polar surface area (TPSA) is 25.8 Å². The lowest BCUT2D eigenvalue weighted by Crippen LogP contribution is -1.95. The Kier molecular flexibility index (Phi) is 3.91. The van der Waals surface area contributed by atoms with E-state index in [1.165, 1.54) is 32.7 Å². The molecule has 2 nitrogen and oxygen atoms in total. The Bertz CT molecular complexity index is 1340. The van der Waals surface area contributed by atoms with Crippen molar-refractivity contribution in [2.24, 2.45) is 0 Å². The lowest BCUT2D eigenvalue weighted by Gasteiger charge is -2.11. The number of rotatable bonds is 2. The van der Waals surface area contributed by atoms with Gasteiger partial charge in [-0.3, -0.25) is 9.97 Å². The molecule has 0 fully saturated rings. The van der Waals surface area contributed by atoms with Crippen molar-refractivity contribution in [1.82, 2.24) is 9.97 Å². The maximum atomic E-state index is 4.65. The third kappa shape index (κ3) is 2.84. The van der Waals surface area contributed by atoms with Gasteiger partial charge in [0.15, 0.2) is 0 Å². The van der Waals surface area contributed by atoms with Crippen LogP contribution in [0, 0.1) is 13.8 Å². The Hall–Kier alpha value is -3.52. The molecule has 0 bridgehead atoms. The standard InChI is InChI=1S/C26H20N2/c1-17-16-27-26(18(2)28-17)25-9-5-8-23-15-22(12-13-24(23)25)21-11-10-19-6-3-4-7-20(19)14-21/h3-16H,1-2H3. The second kappa shape index (κ2) is 6.58. The van der Waals surface area contributed by atoms with Crippen LogP contribution in [0.1, 0.15) is 11.4 Å². The zero-order valence-corrected chi connectivity index (χ0v) is 16.0. The molecule has 1 heterocycles. The fraction of sp³-hybridized carbons (Fsp3) is 0.0769. The van der Waals surface area contributed by atoms with E-state index in [1.54, 1.807) is 0 Å². The first-order chi connectivity index (χ1) is 13.7. The zero-order valence-electron chi connectivity index (χ0n) is 16.0. The molecular weight excluding hydrogens is 340 g/mol. The van der Waals surface area contributed by atoms with Crippen molar-refractivity contribution in [2.45, 2.75) is 13.8 Å². The summed E-state index contributed by atoms with van der Waals surface area (Å²) in [4.78, 5) is 9.24. The van der Waals surface area contributed by atoms with Gasteiger partial charge in [0.25, 0.3) is 0 Å². The predicted molar refractivity (Wildman–Crippen MR) is 117 cm³/mol. The van der Waals surface area contributed by atoms with E-state index in [9.17, 15) is 0 Å². The lowest BCUT2D eigenvalue weighted by molar-refractivity contribution is 1.06. The summed E-state index contributed by atoms with van der Waals surface area (Å²) in [6.07, 6.45) is 1.84. The number of benzene rings is 4. The summed E-state index contributed by atoms with van der Waals surface area (Å²) in [5, 5.41) is 4.94. The van der Waals surface area contributed by atoms with Crippen LogP contribution in [0.2, 0.25) is 0 Å². The molecule has 0 aliphatic heterocycles. The van der Waals surface area contributed by atoms with Gasteiger partial charge in [0.1, 0.15) is 0 Å². The van der Waals surface area contributed by atoms with E-state index in [0.29, 0.717) is 0 Å². The third-order valence-electron chi connectivity index (χ3n) is 5.29. The highest BCUT2D eigenvalue weighted by Gasteiger charge is 2.10. The van der Waals surface area contributed by atoms with Crippen molar-refractivity contribution >= 4 is 21.5 Å². The molecule has 2 heteroatoms. The number of nitrogens with zero attached hydrogens (tertiary/aromatic N) is 2. The van der Waals surface area contributed by atoms with E-state index in [-0.39, 0.29) is 0 Å². The Balaban J connectivity index is 1.65. The molecule has 0 atom stereocenters. The average Bonchev–Trinajstić information content (AvgIpc) is 2.73. The molecule has 0 amide bonds. The maximum absolute atomic E-state index is 4.65. The average molecular weight is 360 g/mol. The number of hydrogen-bond donors (Lipinski definition) is 0. The van der Waals surface area contributed by atoms with Crippen LogP contribution >= 0.6 is 0 Å². The van der Waals surface area contributed by atoms with Gasteiger partial charge in [-0.15, -0.1) is 0 Å². The summed E-state index contributed by atoms with van der Waals surface area (Å²) in [5.74, 6) is 0. The quantitative estimate of drug-likeness (QED) is 0.349. The van der Waals surface area contributed by atoms with E-state index >= 15 is 0 Å². The van der Waals surface area contributed by atoms with Gasteiger partial charge >= 0.3 is 0 Å². The molecule has 0 saturated carbocycles. The van der Waals surface area contributed by atoms with Crippen molar-refractivity contribution < 1.29 is 0 Å². The van der Waals surface area contributed by atoms with Crippen molar-refractivity contribution in [3.63, 3.8) is 0 Å². The van der Waals surface area contributed by atoms with Crippen LogP contribution < -0.4 is 0 Å². The lowest BCUT2D eigenvalue weighted by atomic mass is 9.95. The minimum absolute atomic E-state index is 0.945.